The number of anilines is 1. The number of imidazole rings is 1. The van der Waals surface area contributed by atoms with Crippen LogP contribution in [0.5, 0.6) is 0 Å². The quantitative estimate of drug-likeness (QED) is 0.948. The van der Waals surface area contributed by atoms with Crippen molar-refractivity contribution in [1.82, 2.24) is 9.55 Å². The molecule has 0 bridgehead atoms. The van der Waals surface area contributed by atoms with Gasteiger partial charge in [-0.05, 0) is 32.0 Å². The van der Waals surface area contributed by atoms with Gasteiger partial charge in [-0.15, -0.1) is 0 Å². The Balaban J connectivity index is 2.01. The fourth-order valence-electron chi connectivity index (χ4n) is 2.67. The van der Waals surface area contributed by atoms with E-state index in [-0.39, 0.29) is 6.04 Å². The molecule has 2 N–H and O–H groups in total. The highest BCUT2D eigenvalue weighted by Crippen LogP contribution is 2.33. The lowest BCUT2D eigenvalue weighted by molar-refractivity contribution is 0.549. The predicted octanol–water partition coefficient (Wildman–Crippen LogP) is 2.99. The highest BCUT2D eigenvalue weighted by atomic mass is 35.5. The lowest BCUT2D eigenvalue weighted by atomic mass is 10.1. The first kappa shape index (κ1) is 13.9. The minimum Gasteiger partial charge on any atom is -0.369 e. The molecule has 21 heavy (non-hydrogen) atoms. The van der Waals surface area contributed by atoms with E-state index in [0.29, 0.717) is 23.6 Å². The minimum atomic E-state index is 0.0494. The largest absolute Gasteiger partial charge is 0.369 e. The fourth-order valence-corrected chi connectivity index (χ4v) is 2.85. The second kappa shape index (κ2) is 5.41. The summed E-state index contributed by atoms with van der Waals surface area (Å²) < 4.78 is 2.15. The van der Waals surface area contributed by atoms with Crippen molar-refractivity contribution < 1.29 is 0 Å². The van der Waals surface area contributed by atoms with E-state index in [4.69, 9.17) is 17.3 Å². The third kappa shape index (κ3) is 2.49. The molecular formula is C15H18ClN5. The van der Waals surface area contributed by atoms with Crippen molar-refractivity contribution in [2.45, 2.75) is 25.9 Å². The van der Waals surface area contributed by atoms with E-state index in [1.54, 1.807) is 0 Å². The Morgan fingerprint density at radius 1 is 1.38 bits per heavy atom. The molecule has 2 aromatic rings. The molecule has 0 radical (unpaired) electrons. The average Bonchev–Trinajstić information content (AvgIpc) is 3.04. The standard InChI is InChI=1S/C15H18ClN5/c1-10(2)20-9-18-7-13(20)14-8-19-15(17)21(14)12-5-3-4-11(16)6-12/h3-7,9-10,14H,8H2,1-2H3,(H2,17,19). The molecule has 1 aromatic heterocycles. The molecule has 1 atom stereocenters. The number of halogens is 1. The molecule has 0 amide bonds. The van der Waals surface area contributed by atoms with Crippen LogP contribution < -0.4 is 10.6 Å². The third-order valence-corrected chi connectivity index (χ3v) is 3.90. The van der Waals surface area contributed by atoms with Gasteiger partial charge >= 0.3 is 0 Å². The molecule has 0 aliphatic carbocycles. The summed E-state index contributed by atoms with van der Waals surface area (Å²) in [6, 6.07) is 8.04. The summed E-state index contributed by atoms with van der Waals surface area (Å²) in [5.41, 5.74) is 8.14. The van der Waals surface area contributed by atoms with Crippen LogP contribution in [0.1, 0.15) is 31.6 Å². The van der Waals surface area contributed by atoms with Gasteiger partial charge in [-0.3, -0.25) is 4.99 Å². The van der Waals surface area contributed by atoms with E-state index in [1.807, 2.05) is 41.7 Å². The van der Waals surface area contributed by atoms with Gasteiger partial charge in [0, 0.05) is 16.8 Å². The number of hydrogen-bond acceptors (Lipinski definition) is 4. The number of guanidine groups is 1. The van der Waals surface area contributed by atoms with Crippen molar-refractivity contribution in [3.8, 4) is 0 Å². The Kier molecular flexibility index (Phi) is 3.59. The Morgan fingerprint density at radius 2 is 2.19 bits per heavy atom. The Bertz CT molecular complexity index is 676. The van der Waals surface area contributed by atoms with Gasteiger partial charge in [0.15, 0.2) is 5.96 Å². The van der Waals surface area contributed by atoms with Crippen LogP contribution in [0.3, 0.4) is 0 Å². The van der Waals surface area contributed by atoms with E-state index in [0.717, 1.165) is 11.4 Å². The Morgan fingerprint density at radius 3 is 2.90 bits per heavy atom. The number of aliphatic imine (C=N–C) groups is 1. The topological polar surface area (TPSA) is 59.4 Å². The normalized spacial score (nSPS) is 18.4. The monoisotopic (exact) mass is 303 g/mol. The zero-order chi connectivity index (χ0) is 15.0. The molecule has 1 aromatic carbocycles. The van der Waals surface area contributed by atoms with Crippen LogP contribution in [0.4, 0.5) is 5.69 Å². The number of rotatable bonds is 3. The lowest BCUT2D eigenvalue weighted by Crippen LogP contribution is -2.37. The van der Waals surface area contributed by atoms with Crippen molar-refractivity contribution in [2.75, 3.05) is 11.4 Å². The van der Waals surface area contributed by atoms with Crippen LogP contribution in [0.25, 0.3) is 0 Å². The van der Waals surface area contributed by atoms with Crippen LogP contribution in [-0.4, -0.2) is 22.1 Å². The van der Waals surface area contributed by atoms with Crippen molar-refractivity contribution in [3.05, 3.63) is 47.5 Å². The van der Waals surface area contributed by atoms with Gasteiger partial charge in [0.2, 0.25) is 0 Å². The van der Waals surface area contributed by atoms with Gasteiger partial charge in [-0.2, -0.15) is 0 Å². The van der Waals surface area contributed by atoms with Crippen LogP contribution in [-0.2, 0) is 0 Å². The van der Waals surface area contributed by atoms with Crippen LogP contribution in [0, 0.1) is 0 Å². The maximum atomic E-state index is 6.10. The van der Waals surface area contributed by atoms with E-state index >= 15 is 0 Å². The molecule has 6 heteroatoms. The number of nitrogens with zero attached hydrogens (tertiary/aromatic N) is 4. The van der Waals surface area contributed by atoms with E-state index < -0.39 is 0 Å². The first-order chi connectivity index (χ1) is 10.1. The zero-order valence-electron chi connectivity index (χ0n) is 12.1. The summed E-state index contributed by atoms with van der Waals surface area (Å²) in [5.74, 6) is 0.513. The van der Waals surface area contributed by atoms with Crippen molar-refractivity contribution in [2.24, 2.45) is 10.7 Å². The summed E-state index contributed by atoms with van der Waals surface area (Å²) in [6.45, 7) is 4.89. The minimum absolute atomic E-state index is 0.0494. The molecular weight excluding hydrogens is 286 g/mol. The van der Waals surface area contributed by atoms with Gasteiger partial charge < -0.3 is 15.2 Å². The number of benzene rings is 1. The number of nitrogens with two attached hydrogens (primary N) is 1. The molecule has 5 nitrogen and oxygen atoms in total. The van der Waals surface area contributed by atoms with Gasteiger partial charge in [-0.25, -0.2) is 4.98 Å². The maximum Gasteiger partial charge on any atom is 0.196 e. The Labute approximate surface area is 129 Å². The van der Waals surface area contributed by atoms with E-state index in [2.05, 4.69) is 28.4 Å². The van der Waals surface area contributed by atoms with Gasteiger partial charge in [0.1, 0.15) is 0 Å². The fraction of sp³-hybridized carbons (Fsp3) is 0.333. The predicted molar refractivity (Wildman–Crippen MR) is 85.8 cm³/mol. The lowest BCUT2D eigenvalue weighted by Gasteiger charge is -2.28. The molecule has 1 aliphatic rings. The van der Waals surface area contributed by atoms with Crippen LogP contribution in [0.15, 0.2) is 41.8 Å². The summed E-state index contributed by atoms with van der Waals surface area (Å²) in [5, 5.41) is 0.684. The van der Waals surface area contributed by atoms with Crippen LogP contribution >= 0.6 is 11.6 Å². The maximum absolute atomic E-state index is 6.10. The summed E-state index contributed by atoms with van der Waals surface area (Å²) in [6.07, 6.45) is 3.74. The molecule has 3 rings (SSSR count). The van der Waals surface area contributed by atoms with Gasteiger partial charge in [0.25, 0.3) is 0 Å². The number of aromatic nitrogens is 2. The van der Waals surface area contributed by atoms with Gasteiger partial charge in [0.05, 0.1) is 30.8 Å². The first-order valence-electron chi connectivity index (χ1n) is 6.94. The SMILES string of the molecule is CC(C)n1cncc1C1CN=C(N)N1c1cccc(Cl)c1. The summed E-state index contributed by atoms with van der Waals surface area (Å²) in [7, 11) is 0. The molecule has 0 spiro atoms. The van der Waals surface area contributed by atoms with Crippen molar-refractivity contribution in [3.63, 3.8) is 0 Å². The summed E-state index contributed by atoms with van der Waals surface area (Å²) >= 11 is 6.10. The molecule has 2 heterocycles. The van der Waals surface area contributed by atoms with Crippen molar-refractivity contribution >= 4 is 23.2 Å². The van der Waals surface area contributed by atoms with Crippen LogP contribution in [0.2, 0.25) is 5.02 Å². The number of hydrogen-bond donors (Lipinski definition) is 1. The van der Waals surface area contributed by atoms with E-state index in [9.17, 15) is 0 Å². The molecule has 1 aliphatic heterocycles. The molecule has 0 fully saturated rings. The molecule has 1 unspecified atom stereocenters. The molecule has 0 saturated carbocycles. The summed E-state index contributed by atoms with van der Waals surface area (Å²) in [4.78, 5) is 10.7. The second-order valence-corrected chi connectivity index (χ2v) is 5.82. The third-order valence-electron chi connectivity index (χ3n) is 3.66. The molecule has 0 saturated heterocycles. The van der Waals surface area contributed by atoms with Gasteiger partial charge in [-0.1, -0.05) is 17.7 Å². The van der Waals surface area contributed by atoms with E-state index in [1.165, 1.54) is 0 Å². The molecule has 110 valence electrons. The highest BCUT2D eigenvalue weighted by molar-refractivity contribution is 6.30. The highest BCUT2D eigenvalue weighted by Gasteiger charge is 2.31. The first-order valence-corrected chi connectivity index (χ1v) is 7.32. The average molecular weight is 304 g/mol. The zero-order valence-corrected chi connectivity index (χ0v) is 12.8. The van der Waals surface area contributed by atoms with Crippen molar-refractivity contribution in [1.29, 1.82) is 0 Å². The second-order valence-electron chi connectivity index (χ2n) is 5.38. The Hall–Kier alpha value is -2.01. The smallest absolute Gasteiger partial charge is 0.196 e.